The zero-order valence-electron chi connectivity index (χ0n) is 29.7. The predicted octanol–water partition coefficient (Wildman–Crippen LogP) is 11.4. The lowest BCUT2D eigenvalue weighted by molar-refractivity contribution is 1.25. The SMILES string of the molecule is Cc1c(-c2ccc(C#N)cc2)cc2c3c1-c1cc(-c4ccccc4)cc4c5cc(-c6ccccc6)ccc5n(c14)B3c1ccccc1N2c1ccccc1. The summed E-state index contributed by atoms with van der Waals surface area (Å²) in [5, 5.41) is 12.2. The molecule has 9 aromatic rings. The minimum atomic E-state index is -0.0440. The van der Waals surface area contributed by atoms with Crippen molar-refractivity contribution in [2.24, 2.45) is 0 Å². The second-order valence-corrected chi connectivity index (χ2v) is 14.4. The molecule has 0 atom stereocenters. The van der Waals surface area contributed by atoms with Crippen LogP contribution in [0, 0.1) is 18.3 Å². The maximum atomic E-state index is 9.67. The van der Waals surface area contributed by atoms with Gasteiger partial charge < -0.3 is 9.38 Å². The summed E-state index contributed by atoms with van der Waals surface area (Å²) in [5.41, 5.74) is 20.1. The molecule has 0 radical (unpaired) electrons. The third-order valence-corrected chi connectivity index (χ3v) is 11.6. The van der Waals surface area contributed by atoms with E-state index < -0.39 is 0 Å². The molecule has 0 saturated carbocycles. The van der Waals surface area contributed by atoms with E-state index in [0.29, 0.717) is 5.56 Å². The first-order valence-corrected chi connectivity index (χ1v) is 18.5. The quantitative estimate of drug-likeness (QED) is 0.173. The van der Waals surface area contributed by atoms with Crippen LogP contribution in [-0.2, 0) is 0 Å². The third kappa shape index (κ3) is 4.36. The molecule has 3 nitrogen and oxygen atoms in total. The van der Waals surface area contributed by atoms with Crippen LogP contribution < -0.4 is 15.8 Å². The fraction of sp³-hybridized carbons (Fsp3) is 0.0200. The number of hydrogen-bond donors (Lipinski definition) is 0. The Hall–Kier alpha value is -7.09. The molecule has 0 amide bonds. The van der Waals surface area contributed by atoms with Crippen LogP contribution in [0.15, 0.2) is 176 Å². The van der Waals surface area contributed by atoms with Crippen LogP contribution in [0.25, 0.3) is 66.3 Å². The summed E-state index contributed by atoms with van der Waals surface area (Å²) in [6, 6.07) is 65.9. The van der Waals surface area contributed by atoms with Crippen LogP contribution in [0.2, 0.25) is 0 Å². The molecule has 0 aliphatic carbocycles. The fourth-order valence-electron chi connectivity index (χ4n) is 9.20. The van der Waals surface area contributed by atoms with Crippen LogP contribution in [0.5, 0.6) is 0 Å². The summed E-state index contributed by atoms with van der Waals surface area (Å²) >= 11 is 0. The van der Waals surface area contributed by atoms with E-state index in [0.717, 1.165) is 11.3 Å². The Bertz CT molecular complexity index is 3000. The molecule has 8 aromatic carbocycles. The number of benzene rings is 8. The van der Waals surface area contributed by atoms with Gasteiger partial charge in [-0.15, -0.1) is 0 Å². The van der Waals surface area contributed by atoms with Gasteiger partial charge in [0.05, 0.1) is 11.6 Å². The van der Waals surface area contributed by atoms with Gasteiger partial charge in [-0.25, -0.2) is 0 Å². The molecule has 0 fully saturated rings. The molecule has 0 unspecified atom stereocenters. The van der Waals surface area contributed by atoms with Crippen molar-refractivity contribution in [1.82, 2.24) is 4.48 Å². The summed E-state index contributed by atoms with van der Waals surface area (Å²) in [7, 11) is 0. The molecule has 11 rings (SSSR count). The van der Waals surface area contributed by atoms with Crippen molar-refractivity contribution >= 4 is 56.6 Å². The largest absolute Gasteiger partial charge is 0.375 e. The van der Waals surface area contributed by atoms with E-state index in [-0.39, 0.29) is 6.85 Å². The van der Waals surface area contributed by atoms with Crippen LogP contribution in [0.4, 0.5) is 17.1 Å². The first kappa shape index (κ1) is 30.5. The van der Waals surface area contributed by atoms with Crippen molar-refractivity contribution in [1.29, 1.82) is 5.26 Å². The Balaban J connectivity index is 1.32. The smallest absolute Gasteiger partial charge is 0.333 e. The highest BCUT2D eigenvalue weighted by molar-refractivity contribution is 6.90. The second kappa shape index (κ2) is 11.7. The standard InChI is InChI=1S/C50H32BN3/c1-32-40(36-23-21-33(31-52)22-24-36)30-47-49-48(32)43-29-38(35-15-7-3-8-16-35)28-42-41-27-37(34-13-5-2-6-14-34)25-26-45(41)54(50(42)43)51(49)44-19-11-12-20-46(44)53(47)39-17-9-4-10-18-39/h2-30H,1H3. The highest BCUT2D eigenvalue weighted by atomic mass is 15.2. The fourth-order valence-corrected chi connectivity index (χ4v) is 9.20. The molecule has 0 spiro atoms. The van der Waals surface area contributed by atoms with Gasteiger partial charge in [-0.1, -0.05) is 115 Å². The Labute approximate surface area is 314 Å². The average molecular weight is 686 g/mol. The number of rotatable bonds is 4. The predicted molar refractivity (Wildman–Crippen MR) is 226 cm³/mol. The molecular formula is C50H32BN3. The molecule has 0 N–H and O–H groups in total. The molecular weight excluding hydrogens is 653 g/mol. The molecule has 1 aromatic heterocycles. The van der Waals surface area contributed by atoms with Gasteiger partial charge in [0.2, 0.25) is 0 Å². The third-order valence-electron chi connectivity index (χ3n) is 11.6. The van der Waals surface area contributed by atoms with Gasteiger partial charge >= 0.3 is 6.85 Å². The lowest BCUT2D eigenvalue weighted by Crippen LogP contribution is -2.56. The van der Waals surface area contributed by atoms with E-state index in [1.165, 1.54) is 88.6 Å². The number of fused-ring (bicyclic) bond motifs is 7. The molecule has 3 heterocycles. The van der Waals surface area contributed by atoms with Crippen LogP contribution >= 0.6 is 0 Å². The number of anilines is 3. The number of nitriles is 1. The van der Waals surface area contributed by atoms with E-state index in [1.54, 1.807) is 0 Å². The Morgan fingerprint density at radius 1 is 0.519 bits per heavy atom. The van der Waals surface area contributed by atoms with Gasteiger partial charge in [-0.3, -0.25) is 0 Å². The minimum Gasteiger partial charge on any atom is -0.375 e. The van der Waals surface area contributed by atoms with E-state index in [9.17, 15) is 5.26 Å². The zero-order chi connectivity index (χ0) is 35.9. The topological polar surface area (TPSA) is 32.0 Å². The lowest BCUT2D eigenvalue weighted by Gasteiger charge is -2.41. The minimum absolute atomic E-state index is 0.0440. The maximum absolute atomic E-state index is 9.67. The summed E-state index contributed by atoms with van der Waals surface area (Å²) < 4.78 is 2.64. The van der Waals surface area contributed by atoms with Gasteiger partial charge in [0.1, 0.15) is 0 Å². The molecule has 4 heteroatoms. The van der Waals surface area contributed by atoms with Crippen LogP contribution in [0.3, 0.4) is 0 Å². The first-order valence-electron chi connectivity index (χ1n) is 18.5. The highest BCUT2D eigenvalue weighted by Crippen LogP contribution is 2.49. The molecule has 2 aliphatic rings. The Morgan fingerprint density at radius 3 is 1.87 bits per heavy atom. The van der Waals surface area contributed by atoms with Crippen LogP contribution in [-0.4, -0.2) is 11.3 Å². The van der Waals surface area contributed by atoms with Crippen molar-refractivity contribution in [2.75, 3.05) is 4.90 Å². The lowest BCUT2D eigenvalue weighted by atomic mass is 9.44. The van der Waals surface area contributed by atoms with E-state index in [2.05, 4.69) is 186 Å². The normalized spacial score (nSPS) is 12.4. The number of hydrogen-bond acceptors (Lipinski definition) is 2. The molecule has 0 saturated heterocycles. The number of nitrogens with zero attached hydrogens (tertiary/aromatic N) is 3. The summed E-state index contributed by atoms with van der Waals surface area (Å²) in [4.78, 5) is 2.46. The van der Waals surface area contributed by atoms with Gasteiger partial charge in [0.15, 0.2) is 0 Å². The average Bonchev–Trinajstić information content (AvgIpc) is 3.57. The number of aromatic nitrogens is 1. The van der Waals surface area contributed by atoms with Gasteiger partial charge in [0, 0.05) is 44.4 Å². The Morgan fingerprint density at radius 2 is 1.15 bits per heavy atom. The van der Waals surface area contributed by atoms with E-state index >= 15 is 0 Å². The Kier molecular flexibility index (Phi) is 6.62. The van der Waals surface area contributed by atoms with E-state index in [1.807, 2.05) is 12.1 Å². The van der Waals surface area contributed by atoms with Gasteiger partial charge in [-0.05, 0) is 123 Å². The maximum Gasteiger partial charge on any atom is 0.333 e. The van der Waals surface area contributed by atoms with Crippen molar-refractivity contribution in [3.8, 4) is 50.6 Å². The zero-order valence-corrected chi connectivity index (χ0v) is 29.7. The van der Waals surface area contributed by atoms with Gasteiger partial charge in [0.25, 0.3) is 0 Å². The molecule has 2 aliphatic heterocycles. The van der Waals surface area contributed by atoms with Crippen molar-refractivity contribution < 1.29 is 0 Å². The monoisotopic (exact) mass is 685 g/mol. The molecule has 250 valence electrons. The summed E-state index contributed by atoms with van der Waals surface area (Å²) in [6.45, 7) is 2.25. The van der Waals surface area contributed by atoms with Crippen molar-refractivity contribution in [2.45, 2.75) is 6.92 Å². The first-order chi connectivity index (χ1) is 26.7. The van der Waals surface area contributed by atoms with Crippen LogP contribution in [0.1, 0.15) is 11.1 Å². The second-order valence-electron chi connectivity index (χ2n) is 14.4. The number of para-hydroxylation sites is 2. The van der Waals surface area contributed by atoms with Crippen molar-refractivity contribution in [3.05, 3.63) is 187 Å². The van der Waals surface area contributed by atoms with Gasteiger partial charge in [-0.2, -0.15) is 5.26 Å². The summed E-state index contributed by atoms with van der Waals surface area (Å²) in [6.07, 6.45) is 0. The van der Waals surface area contributed by atoms with E-state index in [4.69, 9.17) is 0 Å². The molecule has 0 bridgehead atoms. The summed E-state index contributed by atoms with van der Waals surface area (Å²) in [5.74, 6) is 0. The molecule has 54 heavy (non-hydrogen) atoms. The van der Waals surface area contributed by atoms with Crippen molar-refractivity contribution in [3.63, 3.8) is 0 Å². The highest BCUT2D eigenvalue weighted by Gasteiger charge is 2.43.